The molecule has 0 aromatic rings. The molecule has 5 heteroatoms. The van der Waals surface area contributed by atoms with E-state index in [1.807, 2.05) is 9.80 Å². The highest BCUT2D eigenvalue weighted by molar-refractivity contribution is 5.74. The average Bonchev–Trinajstić information content (AvgIpc) is 2.84. The molecule has 0 radical (unpaired) electrons. The van der Waals surface area contributed by atoms with E-state index in [1.165, 1.54) is 19.3 Å². The second-order valence-electron chi connectivity index (χ2n) is 6.07. The molecule has 1 N–H and O–H groups in total. The summed E-state index contributed by atoms with van der Waals surface area (Å²) in [6, 6.07) is 0.171. The van der Waals surface area contributed by atoms with E-state index in [9.17, 15) is 9.59 Å². The second-order valence-corrected chi connectivity index (χ2v) is 6.07. The standard InChI is InChI=1S/C15H26N2O3/c18-14(19)7-6-13-8-11-17(12-13)15(20)16-9-4-2-1-3-5-10-16/h13H,1-12H2,(H,18,19). The summed E-state index contributed by atoms with van der Waals surface area (Å²) in [5, 5.41) is 8.72. The Kier molecular flexibility index (Phi) is 5.68. The minimum atomic E-state index is -0.737. The van der Waals surface area contributed by atoms with Crippen molar-refractivity contribution >= 4 is 12.0 Å². The van der Waals surface area contributed by atoms with Crippen LogP contribution in [0.3, 0.4) is 0 Å². The number of rotatable bonds is 3. The molecule has 2 fully saturated rings. The fourth-order valence-corrected chi connectivity index (χ4v) is 3.21. The highest BCUT2D eigenvalue weighted by atomic mass is 16.4. The van der Waals surface area contributed by atoms with Gasteiger partial charge in [-0.3, -0.25) is 4.79 Å². The summed E-state index contributed by atoms with van der Waals surface area (Å²) in [6.07, 6.45) is 7.84. The maximum Gasteiger partial charge on any atom is 0.320 e. The van der Waals surface area contributed by atoms with Crippen molar-refractivity contribution in [3.05, 3.63) is 0 Å². The van der Waals surface area contributed by atoms with Gasteiger partial charge in [0.15, 0.2) is 0 Å². The summed E-state index contributed by atoms with van der Waals surface area (Å²) in [5.41, 5.74) is 0. The van der Waals surface area contributed by atoms with Gasteiger partial charge in [-0.15, -0.1) is 0 Å². The molecule has 2 rings (SSSR count). The molecule has 0 aromatic carbocycles. The number of hydrogen-bond donors (Lipinski definition) is 1. The number of amides is 2. The van der Waals surface area contributed by atoms with Gasteiger partial charge < -0.3 is 14.9 Å². The van der Waals surface area contributed by atoms with Crippen LogP contribution in [0, 0.1) is 5.92 Å². The van der Waals surface area contributed by atoms with Gasteiger partial charge in [-0.2, -0.15) is 0 Å². The summed E-state index contributed by atoms with van der Waals surface area (Å²) in [5.74, 6) is -0.372. The van der Waals surface area contributed by atoms with Crippen LogP contribution in [-0.4, -0.2) is 53.1 Å². The van der Waals surface area contributed by atoms with Crippen LogP contribution in [0.15, 0.2) is 0 Å². The van der Waals surface area contributed by atoms with Crippen molar-refractivity contribution in [3.8, 4) is 0 Å². The van der Waals surface area contributed by atoms with Crippen LogP contribution in [0.1, 0.15) is 51.4 Å². The van der Waals surface area contributed by atoms with Gasteiger partial charge in [0.25, 0.3) is 0 Å². The molecule has 1 unspecified atom stereocenters. The van der Waals surface area contributed by atoms with E-state index in [1.54, 1.807) is 0 Å². The Morgan fingerprint density at radius 2 is 1.60 bits per heavy atom. The predicted octanol–water partition coefficient (Wildman–Crippen LogP) is 2.56. The Morgan fingerprint density at radius 3 is 2.25 bits per heavy atom. The number of aliphatic carboxylic acids is 1. The third-order valence-electron chi connectivity index (χ3n) is 4.45. The van der Waals surface area contributed by atoms with E-state index in [0.717, 1.165) is 45.4 Å². The summed E-state index contributed by atoms with van der Waals surface area (Å²) < 4.78 is 0. The van der Waals surface area contributed by atoms with E-state index in [4.69, 9.17) is 5.11 Å². The van der Waals surface area contributed by atoms with Crippen LogP contribution in [-0.2, 0) is 4.79 Å². The number of hydrogen-bond acceptors (Lipinski definition) is 2. The molecular formula is C15H26N2O3. The number of urea groups is 1. The molecule has 1 atom stereocenters. The van der Waals surface area contributed by atoms with Crippen LogP contribution in [0.5, 0.6) is 0 Å². The van der Waals surface area contributed by atoms with Crippen LogP contribution < -0.4 is 0 Å². The summed E-state index contributed by atoms with van der Waals surface area (Å²) >= 11 is 0. The van der Waals surface area contributed by atoms with E-state index in [2.05, 4.69) is 0 Å². The summed E-state index contributed by atoms with van der Waals surface area (Å²) in [4.78, 5) is 27.0. The molecule has 0 bridgehead atoms. The van der Waals surface area contributed by atoms with Gasteiger partial charge in [0.05, 0.1) is 0 Å². The molecule has 114 valence electrons. The van der Waals surface area contributed by atoms with Crippen LogP contribution >= 0.6 is 0 Å². The molecular weight excluding hydrogens is 256 g/mol. The van der Waals surface area contributed by atoms with Gasteiger partial charge in [-0.25, -0.2) is 4.79 Å². The van der Waals surface area contributed by atoms with Gasteiger partial charge in [-0.1, -0.05) is 19.3 Å². The van der Waals surface area contributed by atoms with E-state index < -0.39 is 5.97 Å². The molecule has 0 saturated carbocycles. The van der Waals surface area contributed by atoms with Crippen molar-refractivity contribution in [1.82, 2.24) is 9.80 Å². The maximum atomic E-state index is 12.5. The molecule has 20 heavy (non-hydrogen) atoms. The first-order valence-corrected chi connectivity index (χ1v) is 7.92. The third-order valence-corrected chi connectivity index (χ3v) is 4.45. The molecule has 0 spiro atoms. The quantitative estimate of drug-likeness (QED) is 0.865. The zero-order valence-corrected chi connectivity index (χ0v) is 12.2. The lowest BCUT2D eigenvalue weighted by Crippen LogP contribution is -2.43. The highest BCUT2D eigenvalue weighted by Crippen LogP contribution is 2.23. The first kappa shape index (κ1) is 15.1. The Labute approximate surface area is 120 Å². The third kappa shape index (κ3) is 4.39. The molecule has 5 nitrogen and oxygen atoms in total. The number of nitrogens with zero attached hydrogens (tertiary/aromatic N) is 2. The van der Waals surface area contributed by atoms with Gasteiger partial charge in [0.1, 0.15) is 0 Å². The second kappa shape index (κ2) is 7.50. The van der Waals surface area contributed by atoms with Gasteiger partial charge in [0, 0.05) is 32.6 Å². The van der Waals surface area contributed by atoms with Crippen LogP contribution in [0.4, 0.5) is 4.79 Å². The molecule has 2 amide bonds. The summed E-state index contributed by atoms with van der Waals surface area (Å²) in [6.45, 7) is 3.30. The van der Waals surface area contributed by atoms with Crippen molar-refractivity contribution in [2.75, 3.05) is 26.2 Å². The number of carboxylic acids is 1. The minimum absolute atomic E-state index is 0.171. The highest BCUT2D eigenvalue weighted by Gasteiger charge is 2.29. The Hall–Kier alpha value is -1.26. The first-order valence-electron chi connectivity index (χ1n) is 7.92. The lowest BCUT2D eigenvalue weighted by molar-refractivity contribution is -0.137. The van der Waals surface area contributed by atoms with Crippen molar-refractivity contribution in [3.63, 3.8) is 0 Å². The number of carboxylic acid groups (broad SMARTS) is 1. The number of carbonyl (C=O) groups excluding carboxylic acids is 1. The Balaban J connectivity index is 1.78. The predicted molar refractivity (Wildman–Crippen MR) is 76.6 cm³/mol. The lowest BCUT2D eigenvalue weighted by atomic mass is 10.0. The minimum Gasteiger partial charge on any atom is -0.481 e. The Bertz CT molecular complexity index is 338. The fourth-order valence-electron chi connectivity index (χ4n) is 3.21. The van der Waals surface area contributed by atoms with E-state index in [0.29, 0.717) is 12.3 Å². The Morgan fingerprint density at radius 1 is 0.950 bits per heavy atom. The van der Waals surface area contributed by atoms with Crippen molar-refractivity contribution < 1.29 is 14.7 Å². The van der Waals surface area contributed by atoms with Crippen molar-refractivity contribution in [2.45, 2.75) is 51.4 Å². The molecule has 2 heterocycles. The smallest absolute Gasteiger partial charge is 0.320 e. The fraction of sp³-hybridized carbons (Fsp3) is 0.867. The SMILES string of the molecule is O=C(O)CCC1CCN(C(=O)N2CCCCCCC2)C1. The molecule has 0 aromatic heterocycles. The van der Waals surface area contributed by atoms with Gasteiger partial charge in [0.2, 0.25) is 0 Å². The lowest BCUT2D eigenvalue weighted by Gasteiger charge is -2.29. The van der Waals surface area contributed by atoms with Crippen molar-refractivity contribution in [1.29, 1.82) is 0 Å². The van der Waals surface area contributed by atoms with Gasteiger partial charge >= 0.3 is 12.0 Å². The topological polar surface area (TPSA) is 60.9 Å². The molecule has 2 aliphatic rings. The summed E-state index contributed by atoms with van der Waals surface area (Å²) in [7, 11) is 0. The number of likely N-dealkylation sites (tertiary alicyclic amines) is 2. The van der Waals surface area contributed by atoms with E-state index in [-0.39, 0.29) is 12.5 Å². The molecule has 2 aliphatic heterocycles. The van der Waals surface area contributed by atoms with Crippen LogP contribution in [0.25, 0.3) is 0 Å². The zero-order chi connectivity index (χ0) is 14.4. The molecule has 0 aliphatic carbocycles. The average molecular weight is 282 g/mol. The normalized spacial score (nSPS) is 24.3. The van der Waals surface area contributed by atoms with E-state index >= 15 is 0 Å². The number of carbonyl (C=O) groups is 2. The monoisotopic (exact) mass is 282 g/mol. The van der Waals surface area contributed by atoms with Gasteiger partial charge in [-0.05, 0) is 31.6 Å². The zero-order valence-electron chi connectivity index (χ0n) is 12.2. The van der Waals surface area contributed by atoms with Crippen molar-refractivity contribution in [2.24, 2.45) is 5.92 Å². The maximum absolute atomic E-state index is 12.5. The largest absolute Gasteiger partial charge is 0.481 e. The molecule has 2 saturated heterocycles. The van der Waals surface area contributed by atoms with Crippen LogP contribution in [0.2, 0.25) is 0 Å². The first-order chi connectivity index (χ1) is 9.66.